The molecule has 0 saturated carbocycles. The van der Waals surface area contributed by atoms with Crippen molar-refractivity contribution >= 4 is 23.9 Å². The summed E-state index contributed by atoms with van der Waals surface area (Å²) in [5, 5.41) is 2.94. The van der Waals surface area contributed by atoms with Crippen molar-refractivity contribution in [3.05, 3.63) is 30.3 Å². The Balaban J connectivity index is 1.36. The van der Waals surface area contributed by atoms with Crippen LogP contribution in [0, 0.1) is 0 Å². The maximum atomic E-state index is 12.1. The number of rotatable bonds is 4. The second-order valence-corrected chi connectivity index (χ2v) is 6.87. The molecule has 2 saturated heterocycles. The summed E-state index contributed by atoms with van der Waals surface area (Å²) in [6.45, 7) is 2.08. The smallest absolute Gasteiger partial charge is 0.430 e. The van der Waals surface area contributed by atoms with Crippen LogP contribution in [-0.2, 0) is 9.47 Å². The number of thioether (sulfide) groups is 1. The molecule has 3 rings (SSSR count). The summed E-state index contributed by atoms with van der Waals surface area (Å²) in [4.78, 5) is 26.2. The van der Waals surface area contributed by atoms with Crippen LogP contribution in [0.3, 0.4) is 0 Å². The van der Waals surface area contributed by atoms with Crippen molar-refractivity contribution in [1.29, 1.82) is 0 Å². The third-order valence-corrected chi connectivity index (χ3v) is 5.12. The Hall–Kier alpha value is -1.89. The SMILES string of the molecule is O=C1OCC2(CCN(C(=O)NCCSc3ccccc3)CC2)O1. The molecule has 23 heavy (non-hydrogen) atoms. The molecule has 0 atom stereocenters. The van der Waals surface area contributed by atoms with Crippen LogP contribution in [0.15, 0.2) is 35.2 Å². The number of urea groups is 1. The fourth-order valence-electron chi connectivity index (χ4n) is 2.75. The summed E-state index contributed by atoms with van der Waals surface area (Å²) in [5.74, 6) is 0.832. The highest BCUT2D eigenvalue weighted by atomic mass is 32.2. The molecule has 2 heterocycles. The number of likely N-dealkylation sites (tertiary alicyclic amines) is 1. The lowest BCUT2D eigenvalue weighted by atomic mass is 9.92. The Morgan fingerprint density at radius 2 is 2.00 bits per heavy atom. The van der Waals surface area contributed by atoms with Crippen molar-refractivity contribution < 1.29 is 19.1 Å². The van der Waals surface area contributed by atoms with Gasteiger partial charge in [-0.15, -0.1) is 11.8 Å². The number of cyclic esters (lactones) is 1. The number of nitrogens with one attached hydrogen (secondary N) is 1. The summed E-state index contributed by atoms with van der Waals surface area (Å²) in [7, 11) is 0. The van der Waals surface area contributed by atoms with E-state index >= 15 is 0 Å². The Labute approximate surface area is 139 Å². The molecular formula is C16H20N2O4S. The maximum Gasteiger partial charge on any atom is 0.509 e. The molecule has 2 aliphatic rings. The average molecular weight is 336 g/mol. The van der Waals surface area contributed by atoms with E-state index in [2.05, 4.69) is 17.4 Å². The fraction of sp³-hybridized carbons (Fsp3) is 0.500. The van der Waals surface area contributed by atoms with E-state index in [1.54, 1.807) is 16.7 Å². The van der Waals surface area contributed by atoms with Crippen LogP contribution in [0.4, 0.5) is 9.59 Å². The quantitative estimate of drug-likeness (QED) is 0.520. The van der Waals surface area contributed by atoms with Gasteiger partial charge in [-0.05, 0) is 12.1 Å². The summed E-state index contributed by atoms with van der Waals surface area (Å²) < 4.78 is 10.1. The van der Waals surface area contributed by atoms with Gasteiger partial charge in [0.1, 0.15) is 6.61 Å². The number of hydrogen-bond donors (Lipinski definition) is 1. The molecule has 1 spiro atoms. The van der Waals surface area contributed by atoms with Gasteiger partial charge >= 0.3 is 12.2 Å². The van der Waals surface area contributed by atoms with Gasteiger partial charge in [0, 0.05) is 43.1 Å². The first-order chi connectivity index (χ1) is 11.2. The normalized spacial score (nSPS) is 19.3. The largest absolute Gasteiger partial charge is 0.509 e. The minimum Gasteiger partial charge on any atom is -0.430 e. The molecule has 0 aromatic heterocycles. The lowest BCUT2D eigenvalue weighted by Gasteiger charge is -2.36. The minimum absolute atomic E-state index is 0.0567. The van der Waals surface area contributed by atoms with Crippen molar-refractivity contribution in [3.63, 3.8) is 0 Å². The fourth-order valence-corrected chi connectivity index (χ4v) is 3.53. The van der Waals surface area contributed by atoms with Gasteiger partial charge in [-0.25, -0.2) is 9.59 Å². The van der Waals surface area contributed by atoms with Crippen molar-refractivity contribution in [1.82, 2.24) is 10.2 Å². The van der Waals surface area contributed by atoms with Crippen molar-refractivity contribution in [2.24, 2.45) is 0 Å². The third kappa shape index (κ3) is 4.10. The number of carbonyl (C=O) groups excluding carboxylic acids is 2. The topological polar surface area (TPSA) is 67.9 Å². The highest BCUT2D eigenvalue weighted by molar-refractivity contribution is 7.99. The van der Waals surface area contributed by atoms with Crippen LogP contribution in [0.25, 0.3) is 0 Å². The molecule has 2 amide bonds. The van der Waals surface area contributed by atoms with Gasteiger partial charge in [-0.1, -0.05) is 18.2 Å². The van der Waals surface area contributed by atoms with E-state index < -0.39 is 11.8 Å². The van der Waals surface area contributed by atoms with Crippen LogP contribution < -0.4 is 5.32 Å². The summed E-state index contributed by atoms with van der Waals surface area (Å²) in [5.41, 5.74) is -0.517. The van der Waals surface area contributed by atoms with Gasteiger partial charge in [-0.3, -0.25) is 0 Å². The van der Waals surface area contributed by atoms with Gasteiger partial charge in [-0.2, -0.15) is 0 Å². The number of amides is 2. The number of piperidine rings is 1. The lowest BCUT2D eigenvalue weighted by Crippen LogP contribution is -2.51. The molecular weight excluding hydrogens is 316 g/mol. The molecule has 7 heteroatoms. The van der Waals surface area contributed by atoms with Gasteiger partial charge in [0.25, 0.3) is 0 Å². The first-order valence-electron chi connectivity index (χ1n) is 7.73. The summed E-state index contributed by atoms with van der Waals surface area (Å²) in [6.07, 6.45) is 0.663. The van der Waals surface area contributed by atoms with E-state index in [-0.39, 0.29) is 6.03 Å². The number of nitrogens with zero attached hydrogens (tertiary/aromatic N) is 1. The van der Waals surface area contributed by atoms with E-state index in [4.69, 9.17) is 9.47 Å². The molecule has 6 nitrogen and oxygen atoms in total. The minimum atomic E-state index is -0.596. The molecule has 0 radical (unpaired) electrons. The van der Waals surface area contributed by atoms with Crippen molar-refractivity contribution in [2.45, 2.75) is 23.3 Å². The highest BCUT2D eigenvalue weighted by Gasteiger charge is 2.45. The van der Waals surface area contributed by atoms with Gasteiger partial charge in [0.15, 0.2) is 5.60 Å². The van der Waals surface area contributed by atoms with E-state index in [0.717, 1.165) is 5.75 Å². The predicted molar refractivity (Wildman–Crippen MR) is 86.5 cm³/mol. The molecule has 1 aromatic carbocycles. The van der Waals surface area contributed by atoms with Gasteiger partial charge < -0.3 is 19.7 Å². The zero-order valence-electron chi connectivity index (χ0n) is 12.8. The van der Waals surface area contributed by atoms with Crippen LogP contribution in [0.5, 0.6) is 0 Å². The first-order valence-corrected chi connectivity index (χ1v) is 8.72. The number of ether oxygens (including phenoxy) is 2. The highest BCUT2D eigenvalue weighted by Crippen LogP contribution is 2.31. The standard InChI is InChI=1S/C16H20N2O4S/c19-14(17-8-11-23-13-4-2-1-3-5-13)18-9-6-16(7-10-18)12-21-15(20)22-16/h1-5H,6-12H2,(H,17,19). The van der Waals surface area contributed by atoms with Crippen LogP contribution >= 0.6 is 11.8 Å². The Morgan fingerprint density at radius 1 is 1.26 bits per heavy atom. The van der Waals surface area contributed by atoms with E-state index in [1.165, 1.54) is 4.90 Å². The van der Waals surface area contributed by atoms with Crippen LogP contribution in [-0.4, -0.2) is 54.7 Å². The molecule has 2 fully saturated rings. The zero-order chi connectivity index (χ0) is 16.1. The Bertz CT molecular complexity index is 558. The third-order valence-electron chi connectivity index (χ3n) is 4.11. The van der Waals surface area contributed by atoms with Gasteiger partial charge in [0.05, 0.1) is 0 Å². The Morgan fingerprint density at radius 3 is 2.65 bits per heavy atom. The second kappa shape index (κ2) is 7.12. The zero-order valence-corrected chi connectivity index (χ0v) is 13.6. The van der Waals surface area contributed by atoms with E-state index in [0.29, 0.717) is 39.1 Å². The average Bonchev–Trinajstić information content (AvgIpc) is 2.93. The molecule has 1 aromatic rings. The van der Waals surface area contributed by atoms with E-state index in [9.17, 15) is 9.59 Å². The number of hydrogen-bond acceptors (Lipinski definition) is 5. The van der Waals surface area contributed by atoms with Gasteiger partial charge in [0.2, 0.25) is 0 Å². The molecule has 2 aliphatic heterocycles. The Kier molecular flexibility index (Phi) is 4.95. The number of benzene rings is 1. The lowest BCUT2D eigenvalue weighted by molar-refractivity contribution is 0.00943. The summed E-state index contributed by atoms with van der Waals surface area (Å²) in [6, 6.07) is 10.1. The molecule has 124 valence electrons. The van der Waals surface area contributed by atoms with Crippen LogP contribution in [0.2, 0.25) is 0 Å². The maximum absolute atomic E-state index is 12.1. The molecule has 1 N–H and O–H groups in total. The van der Waals surface area contributed by atoms with Crippen LogP contribution in [0.1, 0.15) is 12.8 Å². The second-order valence-electron chi connectivity index (χ2n) is 5.70. The molecule has 0 aliphatic carbocycles. The number of carbonyl (C=O) groups is 2. The molecule has 0 bridgehead atoms. The first kappa shape index (κ1) is 16.0. The van der Waals surface area contributed by atoms with Crippen molar-refractivity contribution in [2.75, 3.05) is 32.0 Å². The monoisotopic (exact) mass is 336 g/mol. The predicted octanol–water partition coefficient (Wildman–Crippen LogP) is 2.49. The van der Waals surface area contributed by atoms with Crippen molar-refractivity contribution in [3.8, 4) is 0 Å². The molecule has 0 unspecified atom stereocenters. The summed E-state index contributed by atoms with van der Waals surface area (Å²) >= 11 is 1.72. The van der Waals surface area contributed by atoms with E-state index in [1.807, 2.05) is 18.2 Å².